The van der Waals surface area contributed by atoms with Crippen LogP contribution in [0.25, 0.3) is 0 Å². The number of halogens is 3. The summed E-state index contributed by atoms with van der Waals surface area (Å²) in [6, 6.07) is 5.42. The van der Waals surface area contributed by atoms with Gasteiger partial charge in [-0.2, -0.15) is 13.2 Å². The van der Waals surface area contributed by atoms with Gasteiger partial charge in [-0.1, -0.05) is 0 Å². The lowest BCUT2D eigenvalue weighted by Crippen LogP contribution is -2.42. The highest BCUT2D eigenvalue weighted by atomic mass is 19.4. The standard InChI is InChI=1S/C18H24N2O6.C2HF3O2/c1-12(20-16(21)10-25-15-6-8-19-9-7-15)18(24)13-2-4-14(5-3-13)26-11-17(22)23;3-2(4,5)1(6)7/h2-5,12,15,19H,6-11H2,1H3,(H,20,21)(H,22,23);(H,6,7)/t12-;/m0./s1. The zero-order valence-corrected chi connectivity index (χ0v) is 17.7. The van der Waals surface area contributed by atoms with Gasteiger partial charge in [0.2, 0.25) is 5.91 Å². The maximum atomic E-state index is 12.4. The number of hydrogen-bond donors (Lipinski definition) is 4. The first-order chi connectivity index (χ1) is 15.4. The first-order valence-corrected chi connectivity index (χ1v) is 9.80. The molecule has 10 nitrogen and oxygen atoms in total. The third-order valence-corrected chi connectivity index (χ3v) is 4.25. The Morgan fingerprint density at radius 2 is 1.64 bits per heavy atom. The number of nitrogens with one attached hydrogen (secondary N) is 2. The fraction of sp³-hybridized carbons (Fsp3) is 0.500. The molecule has 184 valence electrons. The minimum atomic E-state index is -5.08. The first kappa shape index (κ1) is 27.8. The Labute approximate surface area is 187 Å². The second kappa shape index (κ2) is 13.4. The summed E-state index contributed by atoms with van der Waals surface area (Å²) in [5, 5.41) is 21.5. The molecule has 33 heavy (non-hydrogen) atoms. The summed E-state index contributed by atoms with van der Waals surface area (Å²) in [5.74, 6) is -4.05. The van der Waals surface area contributed by atoms with Gasteiger partial charge in [0.15, 0.2) is 12.4 Å². The molecule has 0 radical (unpaired) electrons. The van der Waals surface area contributed by atoms with E-state index in [2.05, 4.69) is 10.6 Å². The molecule has 1 heterocycles. The largest absolute Gasteiger partial charge is 0.490 e. The molecule has 0 saturated carbocycles. The molecule has 1 aliphatic rings. The van der Waals surface area contributed by atoms with E-state index in [0.717, 1.165) is 25.9 Å². The third kappa shape index (κ3) is 11.3. The van der Waals surface area contributed by atoms with Gasteiger partial charge < -0.3 is 30.3 Å². The van der Waals surface area contributed by atoms with E-state index in [0.29, 0.717) is 11.3 Å². The fourth-order valence-electron chi connectivity index (χ4n) is 2.61. The molecule has 1 aliphatic heterocycles. The summed E-state index contributed by atoms with van der Waals surface area (Å²) in [7, 11) is 0. The lowest BCUT2D eigenvalue weighted by Gasteiger charge is -2.23. The van der Waals surface area contributed by atoms with Crippen LogP contribution >= 0.6 is 0 Å². The predicted octanol–water partition coefficient (Wildman–Crippen LogP) is 1.24. The zero-order chi connectivity index (χ0) is 25.0. The van der Waals surface area contributed by atoms with Gasteiger partial charge in [0, 0.05) is 5.56 Å². The topological polar surface area (TPSA) is 151 Å². The number of alkyl halides is 3. The molecule has 0 aromatic heterocycles. The summed E-state index contributed by atoms with van der Waals surface area (Å²) in [4.78, 5) is 43.7. The number of carboxylic acid groups (broad SMARTS) is 2. The minimum absolute atomic E-state index is 0.0652. The van der Waals surface area contributed by atoms with Gasteiger partial charge in [0.05, 0.1) is 12.1 Å². The smallest absolute Gasteiger partial charge is 0.482 e. The number of benzene rings is 1. The number of ketones is 1. The predicted molar refractivity (Wildman–Crippen MR) is 107 cm³/mol. The minimum Gasteiger partial charge on any atom is -0.482 e. The lowest BCUT2D eigenvalue weighted by molar-refractivity contribution is -0.192. The number of carboxylic acids is 2. The quantitative estimate of drug-likeness (QED) is 0.384. The normalized spacial score (nSPS) is 14.9. The zero-order valence-electron chi connectivity index (χ0n) is 17.7. The number of aliphatic carboxylic acids is 2. The van der Waals surface area contributed by atoms with E-state index in [1.165, 1.54) is 24.3 Å². The van der Waals surface area contributed by atoms with Crippen molar-refractivity contribution in [1.82, 2.24) is 10.6 Å². The van der Waals surface area contributed by atoms with Gasteiger partial charge >= 0.3 is 18.1 Å². The van der Waals surface area contributed by atoms with Crippen LogP contribution in [-0.2, 0) is 19.1 Å². The highest BCUT2D eigenvalue weighted by molar-refractivity contribution is 6.01. The lowest BCUT2D eigenvalue weighted by atomic mass is 10.1. The second-order valence-corrected chi connectivity index (χ2v) is 6.92. The van der Waals surface area contributed by atoms with Gasteiger partial charge in [-0.15, -0.1) is 0 Å². The van der Waals surface area contributed by atoms with Gasteiger partial charge in [0.1, 0.15) is 12.4 Å². The molecule has 1 aromatic rings. The van der Waals surface area contributed by atoms with Crippen LogP contribution < -0.4 is 15.4 Å². The van der Waals surface area contributed by atoms with Crippen LogP contribution in [0.1, 0.15) is 30.1 Å². The van der Waals surface area contributed by atoms with Crippen LogP contribution in [0, 0.1) is 0 Å². The highest BCUT2D eigenvalue weighted by Gasteiger charge is 2.38. The van der Waals surface area contributed by atoms with Gasteiger partial charge in [-0.05, 0) is 57.1 Å². The van der Waals surface area contributed by atoms with Crippen molar-refractivity contribution in [3.63, 3.8) is 0 Å². The third-order valence-electron chi connectivity index (χ3n) is 4.25. The van der Waals surface area contributed by atoms with E-state index >= 15 is 0 Å². The number of amides is 1. The number of piperidine rings is 1. The molecule has 1 fully saturated rings. The van der Waals surface area contributed by atoms with E-state index in [1.807, 2.05) is 0 Å². The molecule has 4 N–H and O–H groups in total. The molecule has 2 rings (SSSR count). The Kier molecular flexibility index (Phi) is 11.3. The van der Waals surface area contributed by atoms with Gasteiger partial charge in [-0.3, -0.25) is 9.59 Å². The maximum Gasteiger partial charge on any atom is 0.490 e. The number of hydrogen-bond acceptors (Lipinski definition) is 7. The van der Waals surface area contributed by atoms with Crippen LogP contribution in [0.3, 0.4) is 0 Å². The Morgan fingerprint density at radius 1 is 1.09 bits per heavy atom. The van der Waals surface area contributed by atoms with Crippen molar-refractivity contribution >= 4 is 23.6 Å². The van der Waals surface area contributed by atoms with Crippen molar-refractivity contribution in [2.24, 2.45) is 0 Å². The summed E-state index contributed by atoms with van der Waals surface area (Å²) < 4.78 is 42.3. The molecular formula is C20H25F3N2O8. The SMILES string of the molecule is C[C@H](NC(=O)COC1CCNCC1)C(=O)c1ccc(OCC(=O)O)cc1.O=C(O)C(F)(F)F. The molecule has 1 saturated heterocycles. The number of ether oxygens (including phenoxy) is 2. The number of Topliss-reactive ketones (excluding diaryl/α,β-unsaturated/α-hetero) is 1. The van der Waals surface area contributed by atoms with E-state index < -0.39 is 30.8 Å². The molecule has 0 unspecified atom stereocenters. The van der Waals surface area contributed by atoms with Crippen molar-refractivity contribution in [3.05, 3.63) is 29.8 Å². The Balaban J connectivity index is 0.000000675. The highest BCUT2D eigenvalue weighted by Crippen LogP contribution is 2.14. The Hall–Kier alpha value is -3.19. The molecule has 0 spiro atoms. The van der Waals surface area contributed by atoms with E-state index in [1.54, 1.807) is 6.92 Å². The summed E-state index contributed by atoms with van der Waals surface area (Å²) in [6.07, 6.45) is -3.26. The van der Waals surface area contributed by atoms with E-state index in [4.69, 9.17) is 24.5 Å². The summed E-state index contributed by atoms with van der Waals surface area (Å²) in [5.41, 5.74) is 0.403. The summed E-state index contributed by atoms with van der Waals surface area (Å²) in [6.45, 7) is 2.86. The molecule has 0 bridgehead atoms. The molecule has 1 aromatic carbocycles. The van der Waals surface area contributed by atoms with E-state index in [-0.39, 0.29) is 24.4 Å². The maximum absolute atomic E-state index is 12.4. The van der Waals surface area contributed by atoms with Crippen molar-refractivity contribution < 1.29 is 52.0 Å². The number of carbonyl (C=O) groups excluding carboxylic acids is 2. The number of carbonyl (C=O) groups is 4. The van der Waals surface area contributed by atoms with Crippen LogP contribution in [0.15, 0.2) is 24.3 Å². The van der Waals surface area contributed by atoms with Gasteiger partial charge in [0.25, 0.3) is 0 Å². The molecule has 0 aliphatic carbocycles. The fourth-order valence-corrected chi connectivity index (χ4v) is 2.61. The molecule has 1 atom stereocenters. The average molecular weight is 478 g/mol. The van der Waals surface area contributed by atoms with Crippen LogP contribution in [0.2, 0.25) is 0 Å². The monoisotopic (exact) mass is 478 g/mol. The molecular weight excluding hydrogens is 453 g/mol. The van der Waals surface area contributed by atoms with Crippen molar-refractivity contribution in [2.75, 3.05) is 26.3 Å². The Bertz CT molecular complexity index is 809. The molecule has 13 heteroatoms. The van der Waals surface area contributed by atoms with Crippen molar-refractivity contribution in [2.45, 2.75) is 38.1 Å². The first-order valence-electron chi connectivity index (χ1n) is 9.80. The summed E-state index contributed by atoms with van der Waals surface area (Å²) >= 11 is 0. The molecule has 1 amide bonds. The Morgan fingerprint density at radius 3 is 2.12 bits per heavy atom. The average Bonchev–Trinajstić information content (AvgIpc) is 2.76. The van der Waals surface area contributed by atoms with Crippen molar-refractivity contribution in [3.8, 4) is 5.75 Å². The number of rotatable bonds is 9. The van der Waals surface area contributed by atoms with Crippen molar-refractivity contribution in [1.29, 1.82) is 0 Å². The van der Waals surface area contributed by atoms with Crippen LogP contribution in [-0.4, -0.2) is 78.5 Å². The van der Waals surface area contributed by atoms with E-state index in [9.17, 15) is 27.6 Å². The second-order valence-electron chi connectivity index (χ2n) is 6.92. The van der Waals surface area contributed by atoms with Crippen LogP contribution in [0.5, 0.6) is 5.75 Å². The van der Waals surface area contributed by atoms with Crippen LogP contribution in [0.4, 0.5) is 13.2 Å². The van der Waals surface area contributed by atoms with Gasteiger partial charge in [-0.25, -0.2) is 9.59 Å².